The number of aromatic nitrogens is 3. The van der Waals surface area contributed by atoms with Crippen molar-refractivity contribution in [2.75, 3.05) is 7.11 Å². The van der Waals surface area contributed by atoms with E-state index in [0.29, 0.717) is 10.8 Å². The first-order valence-corrected chi connectivity index (χ1v) is 7.38. The first-order chi connectivity index (χ1) is 11.8. The summed E-state index contributed by atoms with van der Waals surface area (Å²) in [6.45, 7) is 0. The van der Waals surface area contributed by atoms with Crippen molar-refractivity contribution in [3.63, 3.8) is 0 Å². The lowest BCUT2D eigenvalue weighted by atomic mass is 10.1. The average Bonchev–Trinajstić information content (AvgIpc) is 2.95. The number of methoxy groups -OCH3 is 1. The summed E-state index contributed by atoms with van der Waals surface area (Å²) in [4.78, 5) is 12.2. The zero-order valence-electron chi connectivity index (χ0n) is 12.8. The quantitative estimate of drug-likeness (QED) is 0.761. The highest BCUT2D eigenvalue weighted by Gasteiger charge is 2.31. The number of rotatable bonds is 3. The monoisotopic (exact) mass is 369 g/mol. The number of ether oxygens (including phenoxy) is 1. The van der Waals surface area contributed by atoms with Crippen LogP contribution >= 0.6 is 11.6 Å². The van der Waals surface area contributed by atoms with Crippen molar-refractivity contribution in [2.24, 2.45) is 0 Å². The number of hydrogen-bond donors (Lipinski definition) is 1. The average molecular weight is 370 g/mol. The number of alkyl halides is 3. The third-order valence-corrected chi connectivity index (χ3v) is 3.74. The van der Waals surface area contributed by atoms with E-state index in [1.807, 2.05) is 0 Å². The van der Waals surface area contributed by atoms with Gasteiger partial charge in [-0.25, -0.2) is 14.5 Å². The van der Waals surface area contributed by atoms with E-state index in [9.17, 15) is 18.0 Å². The topological polar surface area (TPSA) is 59.9 Å². The van der Waals surface area contributed by atoms with Crippen molar-refractivity contribution in [2.45, 2.75) is 6.18 Å². The minimum absolute atomic E-state index is 0.0108. The molecule has 0 unspecified atom stereocenters. The summed E-state index contributed by atoms with van der Waals surface area (Å²) in [7, 11) is 1.40. The predicted molar refractivity (Wildman–Crippen MR) is 86.2 cm³/mol. The Hall–Kier alpha value is -2.74. The van der Waals surface area contributed by atoms with E-state index in [4.69, 9.17) is 16.3 Å². The molecule has 0 saturated carbocycles. The molecule has 9 heteroatoms. The van der Waals surface area contributed by atoms with E-state index in [2.05, 4.69) is 10.2 Å². The van der Waals surface area contributed by atoms with Crippen molar-refractivity contribution >= 4 is 11.6 Å². The molecule has 0 aliphatic carbocycles. The molecule has 0 spiro atoms. The van der Waals surface area contributed by atoms with Crippen LogP contribution in [0.15, 0.2) is 47.3 Å². The second-order valence-corrected chi connectivity index (χ2v) is 5.52. The Bertz CT molecular complexity index is 979. The van der Waals surface area contributed by atoms with Crippen LogP contribution in [0.4, 0.5) is 13.2 Å². The molecule has 0 atom stereocenters. The maximum atomic E-state index is 12.9. The molecular formula is C16H11ClF3N3O2. The molecule has 2 aromatic carbocycles. The third-order valence-electron chi connectivity index (χ3n) is 3.50. The lowest BCUT2D eigenvalue weighted by Gasteiger charge is -2.12. The Balaban J connectivity index is 2.23. The predicted octanol–water partition coefficient (Wildman–Crippen LogP) is 3.91. The van der Waals surface area contributed by atoms with E-state index < -0.39 is 17.4 Å². The molecule has 1 heterocycles. The molecular weight excluding hydrogens is 359 g/mol. The van der Waals surface area contributed by atoms with Gasteiger partial charge in [0, 0.05) is 10.6 Å². The summed E-state index contributed by atoms with van der Waals surface area (Å²) in [6, 6.07) is 9.12. The zero-order valence-corrected chi connectivity index (χ0v) is 13.5. The summed E-state index contributed by atoms with van der Waals surface area (Å²) in [6.07, 6.45) is -4.51. The fourth-order valence-corrected chi connectivity index (χ4v) is 2.55. The molecule has 0 aliphatic heterocycles. The van der Waals surface area contributed by atoms with Gasteiger partial charge in [-0.05, 0) is 30.3 Å². The van der Waals surface area contributed by atoms with Gasteiger partial charge < -0.3 is 4.74 Å². The molecule has 0 radical (unpaired) electrons. The molecule has 1 aromatic heterocycles. The van der Waals surface area contributed by atoms with Crippen LogP contribution in [-0.4, -0.2) is 21.9 Å². The minimum Gasteiger partial charge on any atom is -0.495 e. The summed E-state index contributed by atoms with van der Waals surface area (Å²) in [5.41, 5.74) is -1.09. The Morgan fingerprint density at radius 3 is 2.64 bits per heavy atom. The Labute approximate surface area is 144 Å². The fourth-order valence-electron chi connectivity index (χ4n) is 2.39. The van der Waals surface area contributed by atoms with Gasteiger partial charge in [-0.2, -0.15) is 18.3 Å². The molecule has 130 valence electrons. The van der Waals surface area contributed by atoms with Crippen molar-refractivity contribution < 1.29 is 17.9 Å². The van der Waals surface area contributed by atoms with Crippen LogP contribution in [0.5, 0.6) is 5.75 Å². The van der Waals surface area contributed by atoms with Gasteiger partial charge in [0.15, 0.2) is 5.82 Å². The molecule has 5 nitrogen and oxygen atoms in total. The number of nitrogens with zero attached hydrogens (tertiary/aromatic N) is 2. The van der Waals surface area contributed by atoms with Crippen LogP contribution in [0.2, 0.25) is 5.02 Å². The van der Waals surface area contributed by atoms with Crippen molar-refractivity contribution in [3.05, 3.63) is 63.5 Å². The SMILES string of the molecule is COc1ccc(Cl)cc1-n1c(-c2cccc(C(F)(F)F)c2)n[nH]c1=O. The highest BCUT2D eigenvalue weighted by atomic mass is 35.5. The molecule has 25 heavy (non-hydrogen) atoms. The zero-order chi connectivity index (χ0) is 18.2. The van der Waals surface area contributed by atoms with Gasteiger partial charge in [0.25, 0.3) is 0 Å². The van der Waals surface area contributed by atoms with Gasteiger partial charge in [0.2, 0.25) is 0 Å². The van der Waals surface area contributed by atoms with Gasteiger partial charge in [-0.3, -0.25) is 0 Å². The van der Waals surface area contributed by atoms with Crippen LogP contribution in [0, 0.1) is 0 Å². The second kappa shape index (κ2) is 6.29. The molecule has 0 amide bonds. The minimum atomic E-state index is -4.51. The van der Waals surface area contributed by atoms with Gasteiger partial charge in [0.1, 0.15) is 5.75 Å². The first kappa shape index (κ1) is 17.1. The highest BCUT2D eigenvalue weighted by Crippen LogP contribution is 2.33. The molecule has 0 bridgehead atoms. The van der Waals surface area contributed by atoms with Crippen molar-refractivity contribution in [3.8, 4) is 22.8 Å². The fraction of sp³-hybridized carbons (Fsp3) is 0.125. The normalized spacial score (nSPS) is 11.6. The van der Waals surface area contributed by atoms with Crippen molar-refractivity contribution in [1.82, 2.24) is 14.8 Å². The van der Waals surface area contributed by atoms with Crippen LogP contribution < -0.4 is 10.4 Å². The summed E-state index contributed by atoms with van der Waals surface area (Å²) in [5.74, 6) is 0.331. The maximum absolute atomic E-state index is 12.9. The number of aromatic amines is 1. The number of benzene rings is 2. The molecule has 3 aromatic rings. The molecule has 0 saturated heterocycles. The smallest absolute Gasteiger partial charge is 0.416 e. The summed E-state index contributed by atoms with van der Waals surface area (Å²) >= 11 is 5.98. The van der Waals surface area contributed by atoms with E-state index in [1.165, 1.54) is 25.3 Å². The van der Waals surface area contributed by atoms with E-state index in [1.54, 1.807) is 12.1 Å². The molecule has 1 N–H and O–H groups in total. The van der Waals surface area contributed by atoms with Gasteiger partial charge in [0.05, 0.1) is 18.4 Å². The Morgan fingerprint density at radius 2 is 1.96 bits per heavy atom. The number of hydrogen-bond acceptors (Lipinski definition) is 3. The van der Waals surface area contributed by atoms with Gasteiger partial charge >= 0.3 is 11.9 Å². The first-order valence-electron chi connectivity index (χ1n) is 7.00. The lowest BCUT2D eigenvalue weighted by Crippen LogP contribution is -2.16. The van der Waals surface area contributed by atoms with Crippen LogP contribution in [0.3, 0.4) is 0 Å². The highest BCUT2D eigenvalue weighted by molar-refractivity contribution is 6.30. The standard InChI is InChI=1S/C16H11ClF3N3O2/c1-25-13-6-5-11(17)8-12(13)23-14(21-22-15(23)24)9-3-2-4-10(7-9)16(18,19)20/h2-8H,1H3,(H,22,24). The number of nitrogens with one attached hydrogen (secondary N) is 1. The number of H-pyrrole nitrogens is 1. The molecule has 0 aliphatic rings. The third kappa shape index (κ3) is 3.25. The summed E-state index contributed by atoms with van der Waals surface area (Å²) < 4.78 is 45.2. The van der Waals surface area contributed by atoms with Crippen LogP contribution in [0.1, 0.15) is 5.56 Å². The molecule has 3 rings (SSSR count). The lowest BCUT2D eigenvalue weighted by molar-refractivity contribution is -0.137. The maximum Gasteiger partial charge on any atom is 0.416 e. The van der Waals surface area contributed by atoms with E-state index >= 15 is 0 Å². The Morgan fingerprint density at radius 1 is 1.20 bits per heavy atom. The number of halogens is 4. The van der Waals surface area contributed by atoms with Crippen molar-refractivity contribution in [1.29, 1.82) is 0 Å². The van der Waals surface area contributed by atoms with E-state index in [0.717, 1.165) is 16.7 Å². The van der Waals surface area contributed by atoms with Crippen LogP contribution in [0.25, 0.3) is 17.1 Å². The summed E-state index contributed by atoms with van der Waals surface area (Å²) in [5, 5.41) is 6.42. The van der Waals surface area contributed by atoms with Gasteiger partial charge in [-0.1, -0.05) is 23.7 Å². The Kier molecular flexibility index (Phi) is 4.30. The molecule has 0 fully saturated rings. The van der Waals surface area contributed by atoms with Gasteiger partial charge in [-0.15, -0.1) is 0 Å². The largest absolute Gasteiger partial charge is 0.495 e. The second-order valence-electron chi connectivity index (χ2n) is 5.08. The van der Waals surface area contributed by atoms with Crippen LogP contribution in [-0.2, 0) is 6.18 Å². The van der Waals surface area contributed by atoms with E-state index in [-0.39, 0.29) is 17.1 Å².